The smallest absolute Gasteiger partial charge is 0.124 e. The number of hydrogen-bond donors (Lipinski definition) is 1. The van der Waals surface area contributed by atoms with Gasteiger partial charge in [-0.25, -0.2) is 0 Å². The molecule has 21 heavy (non-hydrogen) atoms. The Balaban J connectivity index is 2.74. The molecule has 2 heteroatoms. The molecule has 1 aliphatic carbocycles. The number of hydrogen-bond acceptors (Lipinski definition) is 2. The van der Waals surface area contributed by atoms with Gasteiger partial charge < -0.3 is 5.11 Å². The molecule has 0 fully saturated rings. The quantitative estimate of drug-likeness (QED) is 0.586. The van der Waals surface area contributed by atoms with E-state index in [1.54, 1.807) is 0 Å². The zero-order valence-corrected chi connectivity index (χ0v) is 15.2. The summed E-state index contributed by atoms with van der Waals surface area (Å²) in [6.07, 6.45) is 1.15. The zero-order chi connectivity index (χ0) is 16.2. The van der Waals surface area contributed by atoms with Crippen LogP contribution in [0.15, 0.2) is 12.1 Å². The van der Waals surface area contributed by atoms with E-state index >= 15 is 0 Å². The molecule has 0 spiro atoms. The molecule has 0 heterocycles. The molecule has 1 aromatic carbocycles. The van der Waals surface area contributed by atoms with Crippen LogP contribution < -0.4 is 0 Å². The van der Waals surface area contributed by atoms with E-state index in [-0.39, 0.29) is 10.8 Å². The second-order valence-electron chi connectivity index (χ2n) is 8.13. The number of rotatable bonds is 2. The lowest BCUT2D eigenvalue weighted by Gasteiger charge is -2.49. The average Bonchev–Trinajstić information content (AvgIpc) is 2.33. The fourth-order valence-electron chi connectivity index (χ4n) is 4.15. The average molecular weight is 304 g/mol. The van der Waals surface area contributed by atoms with Gasteiger partial charge in [-0.15, -0.1) is 0 Å². The van der Waals surface area contributed by atoms with Gasteiger partial charge in [0.25, 0.3) is 0 Å². The van der Waals surface area contributed by atoms with E-state index in [1.807, 2.05) is 13.0 Å². The monoisotopic (exact) mass is 304 g/mol. The summed E-state index contributed by atoms with van der Waals surface area (Å²) in [5, 5.41) is 10.3. The Morgan fingerprint density at radius 3 is 2.24 bits per heavy atom. The van der Waals surface area contributed by atoms with Gasteiger partial charge in [-0.05, 0) is 59.3 Å². The van der Waals surface area contributed by atoms with Crippen molar-refractivity contribution >= 4 is 17.1 Å². The van der Waals surface area contributed by atoms with Crippen molar-refractivity contribution in [3.63, 3.8) is 0 Å². The van der Waals surface area contributed by atoms with Crippen molar-refractivity contribution in [1.29, 1.82) is 0 Å². The van der Waals surface area contributed by atoms with E-state index < -0.39 is 0 Å². The minimum absolute atomic E-state index is 0.0885. The fourth-order valence-corrected chi connectivity index (χ4v) is 4.31. The first-order valence-electron chi connectivity index (χ1n) is 7.87. The molecule has 2 rings (SSSR count). The maximum atomic E-state index is 10.3. The van der Waals surface area contributed by atoms with Gasteiger partial charge in [-0.2, -0.15) is 0 Å². The maximum absolute atomic E-state index is 10.3. The lowest BCUT2D eigenvalue weighted by Crippen LogP contribution is -2.43. The Labute approximate surface area is 134 Å². The lowest BCUT2D eigenvalue weighted by molar-refractivity contribution is 0.161. The molecule has 1 nitrogen and oxygen atoms in total. The molecule has 1 unspecified atom stereocenters. The molecule has 0 aromatic heterocycles. The van der Waals surface area contributed by atoms with Gasteiger partial charge in [0.05, 0.1) is 0 Å². The van der Waals surface area contributed by atoms with Crippen LogP contribution in [0, 0.1) is 11.8 Å². The van der Waals surface area contributed by atoms with Crippen molar-refractivity contribution in [2.45, 2.75) is 65.7 Å². The van der Waals surface area contributed by atoms with Gasteiger partial charge in [0, 0.05) is 10.4 Å². The number of fused-ring (bicyclic) bond motifs is 1. The topological polar surface area (TPSA) is 20.2 Å². The van der Waals surface area contributed by atoms with Crippen molar-refractivity contribution < 1.29 is 5.11 Å². The van der Waals surface area contributed by atoms with Gasteiger partial charge >= 0.3 is 0 Å². The molecular formula is C19H28OS. The highest BCUT2D eigenvalue weighted by atomic mass is 32.1. The first-order chi connectivity index (χ1) is 9.48. The molecule has 116 valence electrons. The molecule has 0 aliphatic heterocycles. The van der Waals surface area contributed by atoms with Gasteiger partial charge in [-0.1, -0.05) is 53.8 Å². The first kappa shape index (κ1) is 16.5. The van der Waals surface area contributed by atoms with Crippen molar-refractivity contribution in [3.05, 3.63) is 28.8 Å². The molecular weight excluding hydrogens is 276 g/mol. The third kappa shape index (κ3) is 2.63. The molecule has 1 aliphatic rings. The van der Waals surface area contributed by atoms with Crippen LogP contribution in [-0.2, 0) is 10.8 Å². The predicted octanol–water partition coefficient (Wildman–Crippen LogP) is 5.36. The molecule has 1 N–H and O–H groups in total. The summed E-state index contributed by atoms with van der Waals surface area (Å²) in [6.45, 7) is 15.8. The summed E-state index contributed by atoms with van der Waals surface area (Å²) in [5.41, 5.74) is 3.64. The number of thiocarbonyl (C=S) groups is 1. The SMILES string of the molecule is CC(=S)c1cc2c(cc1O)C(C)(C)CC(C(C)C)C2(C)C. The largest absolute Gasteiger partial charge is 0.507 e. The minimum Gasteiger partial charge on any atom is -0.507 e. The van der Waals surface area contributed by atoms with E-state index in [9.17, 15) is 5.11 Å². The lowest BCUT2D eigenvalue weighted by atomic mass is 9.55. The number of aromatic hydroxyl groups is 1. The van der Waals surface area contributed by atoms with Crippen LogP contribution in [0.5, 0.6) is 5.75 Å². The summed E-state index contributed by atoms with van der Waals surface area (Å²) in [5.74, 6) is 1.59. The van der Waals surface area contributed by atoms with Gasteiger partial charge in [0.1, 0.15) is 5.75 Å². The van der Waals surface area contributed by atoms with Crippen LogP contribution in [0.1, 0.15) is 71.6 Å². The first-order valence-corrected chi connectivity index (χ1v) is 8.28. The summed E-state index contributed by atoms with van der Waals surface area (Å²) in [6, 6.07) is 4.10. The Morgan fingerprint density at radius 2 is 1.76 bits per heavy atom. The van der Waals surface area contributed by atoms with Crippen LogP contribution in [0.2, 0.25) is 0 Å². The van der Waals surface area contributed by atoms with E-state index in [4.69, 9.17) is 12.2 Å². The standard InChI is InChI=1S/C19H28OS/c1-11(2)16-10-18(4,5)14-9-17(20)13(12(3)21)8-15(14)19(16,6)7/h8-9,11,16,20H,10H2,1-7H3. The highest BCUT2D eigenvalue weighted by Gasteiger charge is 2.45. The van der Waals surface area contributed by atoms with E-state index in [2.05, 4.69) is 47.6 Å². The van der Waals surface area contributed by atoms with Crippen molar-refractivity contribution in [2.75, 3.05) is 0 Å². The van der Waals surface area contributed by atoms with Gasteiger partial charge in [0.15, 0.2) is 0 Å². The molecule has 0 radical (unpaired) electrons. The maximum Gasteiger partial charge on any atom is 0.124 e. The highest BCUT2D eigenvalue weighted by molar-refractivity contribution is 7.80. The van der Waals surface area contributed by atoms with E-state index in [0.717, 1.165) is 16.8 Å². The Bertz CT molecular complexity index is 581. The van der Waals surface area contributed by atoms with Crippen LogP contribution in [0.25, 0.3) is 0 Å². The third-order valence-corrected chi connectivity index (χ3v) is 5.62. The summed E-state index contributed by atoms with van der Waals surface area (Å²) in [7, 11) is 0. The number of phenols is 1. The van der Waals surface area contributed by atoms with Crippen LogP contribution >= 0.6 is 12.2 Å². The second kappa shape index (κ2) is 5.08. The third-order valence-electron chi connectivity index (χ3n) is 5.40. The normalized spacial score (nSPS) is 23.0. The predicted molar refractivity (Wildman–Crippen MR) is 94.5 cm³/mol. The number of benzene rings is 1. The van der Waals surface area contributed by atoms with Crippen LogP contribution in [-0.4, -0.2) is 9.97 Å². The highest BCUT2D eigenvalue weighted by Crippen LogP contribution is 2.52. The Kier molecular flexibility index (Phi) is 3.99. The van der Waals surface area contributed by atoms with Gasteiger partial charge in [0.2, 0.25) is 0 Å². The minimum atomic E-state index is 0.0885. The molecule has 0 saturated carbocycles. The Hall–Kier alpha value is -0.890. The summed E-state index contributed by atoms with van der Waals surface area (Å²) >= 11 is 5.31. The summed E-state index contributed by atoms with van der Waals surface area (Å²) < 4.78 is 0. The van der Waals surface area contributed by atoms with Crippen molar-refractivity contribution in [3.8, 4) is 5.75 Å². The molecule has 0 saturated heterocycles. The molecule has 0 amide bonds. The molecule has 0 bridgehead atoms. The van der Waals surface area contributed by atoms with Crippen LogP contribution in [0.3, 0.4) is 0 Å². The summed E-state index contributed by atoms with van der Waals surface area (Å²) in [4.78, 5) is 0.760. The van der Waals surface area contributed by atoms with E-state index in [1.165, 1.54) is 11.1 Å². The zero-order valence-electron chi connectivity index (χ0n) is 14.4. The van der Waals surface area contributed by atoms with E-state index in [0.29, 0.717) is 17.6 Å². The number of phenolic OH excluding ortho intramolecular Hbond substituents is 1. The van der Waals surface area contributed by atoms with Gasteiger partial charge in [-0.3, -0.25) is 0 Å². The van der Waals surface area contributed by atoms with Crippen LogP contribution in [0.4, 0.5) is 0 Å². The van der Waals surface area contributed by atoms with Crippen molar-refractivity contribution in [2.24, 2.45) is 11.8 Å². The van der Waals surface area contributed by atoms with Crippen molar-refractivity contribution in [1.82, 2.24) is 0 Å². The molecule has 1 atom stereocenters. The fraction of sp³-hybridized carbons (Fsp3) is 0.632. The second-order valence-corrected chi connectivity index (χ2v) is 8.74. The molecule has 1 aromatic rings. The Morgan fingerprint density at radius 1 is 1.19 bits per heavy atom.